The van der Waals surface area contributed by atoms with Crippen LogP contribution in [0.5, 0.6) is 5.75 Å². The van der Waals surface area contributed by atoms with E-state index in [1.54, 1.807) is 44.2 Å². The molecule has 9 heteroatoms. The predicted octanol–water partition coefficient (Wildman–Crippen LogP) is 0.235. The number of carboxylic acids is 1. The van der Waals surface area contributed by atoms with Crippen LogP contribution in [-0.2, 0) is 9.59 Å². The number of aliphatic carboxylic acids is 1. The minimum Gasteiger partial charge on any atom is -0.548 e. The summed E-state index contributed by atoms with van der Waals surface area (Å²) < 4.78 is 5.13. The lowest BCUT2D eigenvalue weighted by molar-refractivity contribution is -0.307. The fourth-order valence-corrected chi connectivity index (χ4v) is 2.82. The van der Waals surface area contributed by atoms with Gasteiger partial charge >= 0.3 is 0 Å². The lowest BCUT2D eigenvalue weighted by atomic mass is 10.1. The van der Waals surface area contributed by atoms with E-state index in [4.69, 9.17) is 4.74 Å². The molecule has 0 unspecified atom stereocenters. The fraction of sp³-hybridized carbons (Fsp3) is 0.278. The lowest BCUT2D eigenvalue weighted by Gasteiger charge is -2.38. The summed E-state index contributed by atoms with van der Waals surface area (Å²) in [6.45, 7) is 3.59. The summed E-state index contributed by atoms with van der Waals surface area (Å²) in [6, 6.07) is 7.28. The number of carboxylic acid groups (broad SMARTS) is 1. The van der Waals surface area contributed by atoms with E-state index in [-0.39, 0.29) is 18.3 Å². The SMILES string of the molecule is COc1ccc(N2/C(=N/c3nc(C)cc(C)n3)NC(=O)C[C@H]2C(=O)[O-])cc1. The van der Waals surface area contributed by atoms with Crippen molar-refractivity contribution in [3.05, 3.63) is 41.7 Å². The summed E-state index contributed by atoms with van der Waals surface area (Å²) in [5.41, 5.74) is 1.92. The predicted molar refractivity (Wildman–Crippen MR) is 95.6 cm³/mol. The van der Waals surface area contributed by atoms with Gasteiger partial charge in [0.1, 0.15) is 5.75 Å². The molecule has 0 spiro atoms. The molecule has 3 rings (SSSR count). The van der Waals surface area contributed by atoms with Gasteiger partial charge in [0.25, 0.3) is 5.95 Å². The van der Waals surface area contributed by atoms with Gasteiger partial charge in [0, 0.05) is 17.1 Å². The van der Waals surface area contributed by atoms with Gasteiger partial charge in [-0.3, -0.25) is 10.1 Å². The summed E-state index contributed by atoms with van der Waals surface area (Å²) in [5, 5.41) is 14.3. The molecule has 27 heavy (non-hydrogen) atoms. The van der Waals surface area contributed by atoms with E-state index >= 15 is 0 Å². The molecular formula is C18H18N5O4-. The standard InChI is InChI=1S/C18H19N5O4/c1-10-8-11(2)20-17(19-10)22-18-21-15(24)9-14(16(25)26)23(18)12-4-6-13(27-3)7-5-12/h4-8,14H,9H2,1-3H3,(H,25,26)(H,19,20,21,22,24)/p-1/t14-/m0/s1. The third-order valence-corrected chi connectivity index (χ3v) is 3.97. The zero-order valence-corrected chi connectivity index (χ0v) is 15.1. The molecule has 0 radical (unpaired) electrons. The number of carbonyl (C=O) groups excluding carboxylic acids is 2. The maximum atomic E-state index is 12.0. The van der Waals surface area contributed by atoms with Crippen molar-refractivity contribution in [1.82, 2.24) is 15.3 Å². The molecule has 0 saturated carbocycles. The van der Waals surface area contributed by atoms with Crippen molar-refractivity contribution in [3.63, 3.8) is 0 Å². The Morgan fingerprint density at radius 2 is 1.89 bits per heavy atom. The quantitative estimate of drug-likeness (QED) is 0.820. The number of benzene rings is 1. The van der Waals surface area contributed by atoms with Gasteiger partial charge < -0.3 is 19.5 Å². The lowest BCUT2D eigenvalue weighted by Crippen LogP contribution is -2.61. The highest BCUT2D eigenvalue weighted by Gasteiger charge is 2.33. The highest BCUT2D eigenvalue weighted by atomic mass is 16.5. The third kappa shape index (κ3) is 4.02. The molecule has 140 valence electrons. The molecule has 9 nitrogen and oxygen atoms in total. The summed E-state index contributed by atoms with van der Waals surface area (Å²) in [7, 11) is 1.53. The number of methoxy groups -OCH3 is 1. The Labute approximate surface area is 155 Å². The first-order valence-electron chi connectivity index (χ1n) is 8.22. The fourth-order valence-electron chi connectivity index (χ4n) is 2.82. The number of aliphatic imine (C=N–C) groups is 1. The van der Waals surface area contributed by atoms with E-state index in [1.165, 1.54) is 12.0 Å². The summed E-state index contributed by atoms with van der Waals surface area (Å²) in [6.07, 6.45) is -0.263. The Balaban J connectivity index is 2.09. The first kappa shape index (κ1) is 18.3. The third-order valence-electron chi connectivity index (χ3n) is 3.97. The van der Waals surface area contributed by atoms with E-state index in [9.17, 15) is 14.7 Å². The summed E-state index contributed by atoms with van der Waals surface area (Å²) >= 11 is 0. The molecule has 0 aliphatic carbocycles. The largest absolute Gasteiger partial charge is 0.548 e. The number of hydrogen-bond acceptors (Lipinski definition) is 7. The highest BCUT2D eigenvalue weighted by Crippen LogP contribution is 2.25. The van der Waals surface area contributed by atoms with Crippen LogP contribution in [0.15, 0.2) is 35.3 Å². The van der Waals surface area contributed by atoms with Gasteiger partial charge in [-0.15, -0.1) is 0 Å². The van der Waals surface area contributed by atoms with Crippen molar-refractivity contribution in [2.75, 3.05) is 12.0 Å². The van der Waals surface area contributed by atoms with E-state index in [0.717, 1.165) is 0 Å². The van der Waals surface area contributed by atoms with E-state index in [2.05, 4.69) is 20.3 Å². The monoisotopic (exact) mass is 368 g/mol. The first-order valence-corrected chi connectivity index (χ1v) is 8.22. The average Bonchev–Trinajstić information content (AvgIpc) is 2.60. The molecule has 1 N–H and O–H groups in total. The molecule has 1 aliphatic rings. The van der Waals surface area contributed by atoms with Crippen molar-refractivity contribution in [2.45, 2.75) is 26.3 Å². The molecule has 1 saturated heterocycles. The van der Waals surface area contributed by atoms with Crippen LogP contribution >= 0.6 is 0 Å². The second-order valence-corrected chi connectivity index (χ2v) is 6.04. The molecule has 1 amide bonds. The van der Waals surface area contributed by atoms with Gasteiger partial charge in [-0.05, 0) is 44.2 Å². The minimum absolute atomic E-state index is 0.0237. The second kappa shape index (κ2) is 7.40. The van der Waals surface area contributed by atoms with Crippen molar-refractivity contribution < 1.29 is 19.4 Å². The number of ether oxygens (including phenoxy) is 1. The molecule has 1 aliphatic heterocycles. The topological polar surface area (TPSA) is 120 Å². The van der Waals surface area contributed by atoms with Gasteiger partial charge in [-0.2, -0.15) is 4.99 Å². The molecule has 0 bridgehead atoms. The molecular weight excluding hydrogens is 350 g/mol. The van der Waals surface area contributed by atoms with Crippen LogP contribution in [0.1, 0.15) is 17.8 Å². The first-order chi connectivity index (χ1) is 12.9. The Morgan fingerprint density at radius 3 is 2.44 bits per heavy atom. The number of anilines is 1. The minimum atomic E-state index is -1.38. The van der Waals surface area contributed by atoms with E-state index in [0.29, 0.717) is 22.8 Å². The molecule has 2 heterocycles. The number of nitrogens with zero attached hydrogens (tertiary/aromatic N) is 4. The van der Waals surface area contributed by atoms with Crippen molar-refractivity contribution >= 4 is 29.5 Å². The van der Waals surface area contributed by atoms with Gasteiger partial charge in [0.05, 0.1) is 25.5 Å². The van der Waals surface area contributed by atoms with Crippen LogP contribution in [0.4, 0.5) is 11.6 Å². The number of amides is 1. The molecule has 2 aromatic rings. The number of hydrogen-bond donors (Lipinski definition) is 1. The van der Waals surface area contributed by atoms with Crippen molar-refractivity contribution in [1.29, 1.82) is 0 Å². The van der Waals surface area contributed by atoms with Gasteiger partial charge in [0.15, 0.2) is 0 Å². The zero-order chi connectivity index (χ0) is 19.6. The van der Waals surface area contributed by atoms with Crippen LogP contribution in [0.25, 0.3) is 0 Å². The molecule has 1 aromatic heterocycles. The highest BCUT2D eigenvalue weighted by molar-refractivity contribution is 6.13. The molecule has 1 fully saturated rings. The number of nitrogens with one attached hydrogen (secondary N) is 1. The van der Waals surface area contributed by atoms with E-state index in [1.807, 2.05) is 0 Å². The number of carbonyl (C=O) groups is 2. The summed E-state index contributed by atoms with van der Waals surface area (Å²) in [4.78, 5) is 37.8. The van der Waals surface area contributed by atoms with Crippen molar-refractivity contribution in [3.8, 4) is 5.75 Å². The number of rotatable bonds is 4. The normalized spacial score (nSPS) is 18.3. The zero-order valence-electron chi connectivity index (χ0n) is 15.1. The Morgan fingerprint density at radius 1 is 1.26 bits per heavy atom. The molecule has 1 aromatic carbocycles. The summed E-state index contributed by atoms with van der Waals surface area (Å²) in [5.74, 6) is -1.09. The Kier molecular flexibility index (Phi) is 5.02. The second-order valence-electron chi connectivity index (χ2n) is 6.04. The van der Waals surface area contributed by atoms with Crippen molar-refractivity contribution in [2.24, 2.45) is 4.99 Å². The smallest absolute Gasteiger partial charge is 0.253 e. The Bertz CT molecular complexity index is 890. The molecule has 1 atom stereocenters. The maximum Gasteiger partial charge on any atom is 0.253 e. The van der Waals surface area contributed by atoms with E-state index < -0.39 is 17.9 Å². The number of guanidine groups is 1. The van der Waals surface area contributed by atoms with Gasteiger partial charge in [-0.1, -0.05) is 0 Å². The maximum absolute atomic E-state index is 12.0. The Hall–Kier alpha value is -3.49. The number of aromatic nitrogens is 2. The average molecular weight is 368 g/mol. The van der Waals surface area contributed by atoms with Gasteiger partial charge in [0.2, 0.25) is 11.9 Å². The van der Waals surface area contributed by atoms with Crippen LogP contribution in [0.2, 0.25) is 0 Å². The van der Waals surface area contributed by atoms with Crippen LogP contribution < -0.4 is 20.1 Å². The number of aryl methyl sites for hydroxylation is 2. The van der Waals surface area contributed by atoms with Crippen LogP contribution in [-0.4, -0.2) is 41.0 Å². The van der Waals surface area contributed by atoms with Gasteiger partial charge in [-0.25, -0.2) is 9.97 Å². The van der Waals surface area contributed by atoms with Crippen LogP contribution in [0.3, 0.4) is 0 Å². The van der Waals surface area contributed by atoms with Crippen LogP contribution in [0, 0.1) is 13.8 Å².